The van der Waals surface area contributed by atoms with Crippen LogP contribution in [0.5, 0.6) is 0 Å². The number of hydrogen-bond donors (Lipinski definition) is 1. The number of rotatable bonds is 5. The number of hydrogen-bond acceptors (Lipinski definition) is 1. The van der Waals surface area contributed by atoms with Crippen LogP contribution in [0.4, 0.5) is 0 Å². The lowest BCUT2D eigenvalue weighted by Crippen LogP contribution is -2.24. The largest absolute Gasteiger partial charge is 0.310 e. The van der Waals surface area contributed by atoms with E-state index < -0.39 is 0 Å². The summed E-state index contributed by atoms with van der Waals surface area (Å²) in [5.74, 6) is 0. The normalized spacial score (nSPS) is 12.4. The summed E-state index contributed by atoms with van der Waals surface area (Å²) < 4.78 is 1.18. The average molecular weight is 455 g/mol. The molecule has 0 saturated heterocycles. The van der Waals surface area contributed by atoms with Crippen LogP contribution in [0.3, 0.4) is 0 Å². The highest BCUT2D eigenvalue weighted by Gasteiger charge is 2.16. The maximum absolute atomic E-state index is 6.28. The second kappa shape index (κ2) is 8.02. The molecule has 0 bridgehead atoms. The maximum atomic E-state index is 6.28. The predicted molar refractivity (Wildman–Crippen MR) is 101 cm³/mol. The quantitative estimate of drug-likeness (QED) is 0.535. The first-order chi connectivity index (χ1) is 10.0. The van der Waals surface area contributed by atoms with Crippen LogP contribution in [0.1, 0.15) is 24.1 Å². The second-order valence-electron chi connectivity index (χ2n) is 4.72. The van der Waals surface area contributed by atoms with Crippen molar-refractivity contribution in [3.8, 4) is 0 Å². The van der Waals surface area contributed by atoms with Crippen LogP contribution in [0.25, 0.3) is 0 Å². The minimum Gasteiger partial charge on any atom is -0.310 e. The van der Waals surface area contributed by atoms with Crippen molar-refractivity contribution in [3.63, 3.8) is 0 Å². The van der Waals surface area contributed by atoms with E-state index in [-0.39, 0.29) is 6.04 Å². The summed E-state index contributed by atoms with van der Waals surface area (Å²) in [6, 6.07) is 11.7. The lowest BCUT2D eigenvalue weighted by Gasteiger charge is -2.21. The number of likely N-dealkylation sites (N-methyl/N-ethyl adjacent to an activating group) is 1. The Morgan fingerprint density at radius 1 is 1.05 bits per heavy atom. The Hall–Kier alpha value is -0.000000000000000111. The van der Waals surface area contributed by atoms with Crippen LogP contribution in [0.15, 0.2) is 36.4 Å². The smallest absolute Gasteiger partial charge is 0.0439 e. The topological polar surface area (TPSA) is 12.0 Å². The van der Waals surface area contributed by atoms with E-state index in [9.17, 15) is 0 Å². The first kappa shape index (κ1) is 17.4. The van der Waals surface area contributed by atoms with Crippen molar-refractivity contribution in [3.05, 3.63) is 66.2 Å². The standard InChI is InChI=1S/C16H15Cl3IN/c1-2-21-16(13-9-12(18)4-6-15(13)20)8-10-7-11(17)3-5-14(10)19/h3-7,9,16,21H,2,8H2,1H3. The van der Waals surface area contributed by atoms with Gasteiger partial charge in [-0.3, -0.25) is 0 Å². The number of benzene rings is 2. The van der Waals surface area contributed by atoms with Gasteiger partial charge in [-0.2, -0.15) is 0 Å². The molecule has 0 amide bonds. The summed E-state index contributed by atoms with van der Waals surface area (Å²) >= 11 is 20.8. The molecule has 21 heavy (non-hydrogen) atoms. The molecule has 0 aliphatic carbocycles. The Bertz CT molecular complexity index is 631. The van der Waals surface area contributed by atoms with Crippen LogP contribution in [-0.2, 0) is 6.42 Å². The lowest BCUT2D eigenvalue weighted by molar-refractivity contribution is 0.548. The molecule has 0 saturated carbocycles. The summed E-state index contributed by atoms with van der Waals surface area (Å²) in [5, 5.41) is 5.67. The van der Waals surface area contributed by atoms with Gasteiger partial charge in [-0.1, -0.05) is 41.7 Å². The van der Waals surface area contributed by atoms with Crippen molar-refractivity contribution < 1.29 is 0 Å². The summed E-state index contributed by atoms with van der Waals surface area (Å²) in [6.45, 7) is 2.95. The molecule has 1 atom stereocenters. The van der Waals surface area contributed by atoms with Gasteiger partial charge in [-0.25, -0.2) is 0 Å². The molecular weight excluding hydrogens is 439 g/mol. The second-order valence-corrected chi connectivity index (χ2v) is 7.16. The maximum Gasteiger partial charge on any atom is 0.0439 e. The Morgan fingerprint density at radius 3 is 2.43 bits per heavy atom. The van der Waals surface area contributed by atoms with E-state index >= 15 is 0 Å². The van der Waals surface area contributed by atoms with Gasteiger partial charge in [0.25, 0.3) is 0 Å². The molecule has 1 unspecified atom stereocenters. The van der Waals surface area contributed by atoms with E-state index in [1.165, 1.54) is 9.13 Å². The fourth-order valence-electron chi connectivity index (χ4n) is 2.24. The Balaban J connectivity index is 2.35. The highest BCUT2D eigenvalue weighted by molar-refractivity contribution is 14.1. The van der Waals surface area contributed by atoms with Gasteiger partial charge in [0, 0.05) is 24.7 Å². The molecule has 0 fully saturated rings. The molecule has 0 spiro atoms. The van der Waals surface area contributed by atoms with E-state index in [4.69, 9.17) is 34.8 Å². The van der Waals surface area contributed by atoms with Crippen molar-refractivity contribution >= 4 is 57.4 Å². The van der Waals surface area contributed by atoms with Crippen molar-refractivity contribution in [2.24, 2.45) is 0 Å². The average Bonchev–Trinajstić information content (AvgIpc) is 2.45. The predicted octanol–water partition coefficient (Wildman–Crippen LogP) is 6.14. The number of halogens is 4. The van der Waals surface area contributed by atoms with Crippen LogP contribution < -0.4 is 5.32 Å². The highest BCUT2D eigenvalue weighted by atomic mass is 127. The molecule has 2 aromatic carbocycles. The zero-order chi connectivity index (χ0) is 15.4. The third-order valence-electron chi connectivity index (χ3n) is 3.22. The van der Waals surface area contributed by atoms with Crippen molar-refractivity contribution in [1.82, 2.24) is 5.32 Å². The van der Waals surface area contributed by atoms with Gasteiger partial charge < -0.3 is 5.32 Å². The third kappa shape index (κ3) is 4.73. The van der Waals surface area contributed by atoms with E-state index in [2.05, 4.69) is 34.8 Å². The number of nitrogens with one attached hydrogen (secondary N) is 1. The Kier molecular flexibility index (Phi) is 6.63. The Morgan fingerprint density at radius 2 is 1.71 bits per heavy atom. The monoisotopic (exact) mass is 453 g/mol. The van der Waals surface area contributed by atoms with E-state index in [1.54, 1.807) is 6.07 Å². The molecule has 5 heteroatoms. The van der Waals surface area contributed by atoms with Gasteiger partial charge in [-0.15, -0.1) is 0 Å². The van der Waals surface area contributed by atoms with Crippen molar-refractivity contribution in [1.29, 1.82) is 0 Å². The molecule has 2 rings (SSSR count). The molecule has 0 aromatic heterocycles. The molecule has 2 aromatic rings. The molecular formula is C16H15Cl3IN. The van der Waals surface area contributed by atoms with Crippen molar-refractivity contribution in [2.45, 2.75) is 19.4 Å². The first-order valence-electron chi connectivity index (χ1n) is 6.63. The first-order valence-corrected chi connectivity index (χ1v) is 8.84. The zero-order valence-corrected chi connectivity index (χ0v) is 15.9. The fraction of sp³-hybridized carbons (Fsp3) is 0.250. The summed E-state index contributed by atoms with van der Waals surface area (Å²) in [5.41, 5.74) is 2.21. The minimum atomic E-state index is 0.150. The van der Waals surface area contributed by atoms with Gasteiger partial charge in [0.2, 0.25) is 0 Å². The van der Waals surface area contributed by atoms with Gasteiger partial charge in [0.15, 0.2) is 0 Å². The van der Waals surface area contributed by atoms with E-state index in [1.807, 2.05) is 30.3 Å². The molecule has 0 aliphatic heterocycles. The zero-order valence-electron chi connectivity index (χ0n) is 11.5. The van der Waals surface area contributed by atoms with E-state index in [0.29, 0.717) is 5.02 Å². The highest BCUT2D eigenvalue weighted by Crippen LogP contribution is 2.30. The molecule has 1 nitrogen and oxygen atoms in total. The summed E-state index contributed by atoms with van der Waals surface area (Å²) in [4.78, 5) is 0. The van der Waals surface area contributed by atoms with Gasteiger partial charge in [-0.05, 0) is 83.1 Å². The molecule has 0 aliphatic rings. The van der Waals surface area contributed by atoms with Gasteiger partial charge in [0.05, 0.1) is 0 Å². The van der Waals surface area contributed by atoms with Gasteiger partial charge >= 0.3 is 0 Å². The van der Waals surface area contributed by atoms with Gasteiger partial charge in [0.1, 0.15) is 0 Å². The lowest BCUT2D eigenvalue weighted by atomic mass is 9.98. The summed E-state index contributed by atoms with van der Waals surface area (Å²) in [6.07, 6.45) is 0.767. The molecule has 112 valence electrons. The fourth-order valence-corrected chi connectivity index (χ4v) is 3.52. The molecule has 0 radical (unpaired) electrons. The molecule has 1 N–H and O–H groups in total. The Labute approximate surface area is 154 Å². The van der Waals surface area contributed by atoms with E-state index in [0.717, 1.165) is 28.6 Å². The van der Waals surface area contributed by atoms with Crippen LogP contribution in [-0.4, -0.2) is 6.54 Å². The van der Waals surface area contributed by atoms with Crippen LogP contribution >= 0.6 is 57.4 Å². The van der Waals surface area contributed by atoms with Crippen molar-refractivity contribution in [2.75, 3.05) is 6.54 Å². The van der Waals surface area contributed by atoms with Crippen LogP contribution in [0.2, 0.25) is 15.1 Å². The summed E-state index contributed by atoms with van der Waals surface area (Å²) in [7, 11) is 0. The third-order valence-corrected chi connectivity index (χ3v) is 5.04. The minimum absolute atomic E-state index is 0.150. The van der Waals surface area contributed by atoms with Crippen LogP contribution in [0, 0.1) is 3.57 Å². The molecule has 0 heterocycles. The SMILES string of the molecule is CCNC(Cc1cc(Cl)ccc1Cl)c1cc(Cl)ccc1I.